The van der Waals surface area contributed by atoms with E-state index in [0.29, 0.717) is 18.0 Å². The van der Waals surface area contributed by atoms with Crippen molar-refractivity contribution >= 4 is 5.91 Å². The van der Waals surface area contributed by atoms with Crippen molar-refractivity contribution in [2.24, 2.45) is 5.92 Å². The molecule has 5 nitrogen and oxygen atoms in total. The van der Waals surface area contributed by atoms with Crippen LogP contribution in [0.15, 0.2) is 41.2 Å². The van der Waals surface area contributed by atoms with Gasteiger partial charge >= 0.3 is 0 Å². The summed E-state index contributed by atoms with van der Waals surface area (Å²) >= 11 is 0. The van der Waals surface area contributed by atoms with Crippen LogP contribution in [0.3, 0.4) is 0 Å². The maximum atomic E-state index is 13.0. The molecule has 1 aromatic heterocycles. The predicted octanol–water partition coefficient (Wildman–Crippen LogP) is 3.67. The minimum Gasteiger partial charge on any atom is -0.497 e. The summed E-state index contributed by atoms with van der Waals surface area (Å²) in [4.78, 5) is 27.5. The van der Waals surface area contributed by atoms with E-state index in [1.807, 2.05) is 36.9 Å². The second kappa shape index (κ2) is 9.09. The molecule has 0 radical (unpaired) electrons. The van der Waals surface area contributed by atoms with Gasteiger partial charge in [-0.25, -0.2) is 0 Å². The lowest BCUT2D eigenvalue weighted by Crippen LogP contribution is -2.42. The monoisotopic (exact) mass is 382 g/mol. The van der Waals surface area contributed by atoms with Gasteiger partial charge in [-0.2, -0.15) is 0 Å². The second-order valence-corrected chi connectivity index (χ2v) is 7.58. The Balaban J connectivity index is 1.64. The van der Waals surface area contributed by atoms with E-state index >= 15 is 0 Å². The smallest absolute Gasteiger partial charge is 0.263 e. The Labute approximate surface area is 166 Å². The topological polar surface area (TPSA) is 51.5 Å². The van der Waals surface area contributed by atoms with E-state index < -0.39 is 0 Å². The summed E-state index contributed by atoms with van der Waals surface area (Å²) in [6.07, 6.45) is 4.16. The van der Waals surface area contributed by atoms with Crippen molar-refractivity contribution in [2.75, 3.05) is 20.2 Å². The quantitative estimate of drug-likeness (QED) is 0.766. The number of piperidine rings is 1. The van der Waals surface area contributed by atoms with Crippen LogP contribution in [0.4, 0.5) is 0 Å². The van der Waals surface area contributed by atoms with Gasteiger partial charge in [-0.1, -0.05) is 12.1 Å². The molecule has 0 spiro atoms. The van der Waals surface area contributed by atoms with Gasteiger partial charge in [0.05, 0.1) is 7.11 Å². The summed E-state index contributed by atoms with van der Waals surface area (Å²) in [5.74, 6) is 1.22. The van der Waals surface area contributed by atoms with Crippen LogP contribution < -0.4 is 10.3 Å². The summed E-state index contributed by atoms with van der Waals surface area (Å²) in [7, 11) is 1.67. The fourth-order valence-corrected chi connectivity index (χ4v) is 4.05. The van der Waals surface area contributed by atoms with E-state index in [9.17, 15) is 9.59 Å². The van der Waals surface area contributed by atoms with Crippen molar-refractivity contribution < 1.29 is 9.53 Å². The first-order valence-corrected chi connectivity index (χ1v) is 10.2. The first kappa shape index (κ1) is 20.2. The molecule has 1 amide bonds. The Kier molecular flexibility index (Phi) is 6.55. The molecule has 2 heterocycles. The first-order valence-electron chi connectivity index (χ1n) is 10.2. The molecular formula is C23H30N2O3. The van der Waals surface area contributed by atoms with E-state index in [-0.39, 0.29) is 11.5 Å². The van der Waals surface area contributed by atoms with E-state index in [4.69, 9.17) is 4.74 Å². The van der Waals surface area contributed by atoms with Gasteiger partial charge in [0.15, 0.2) is 0 Å². The molecule has 2 aromatic rings. The maximum Gasteiger partial charge on any atom is 0.263 e. The van der Waals surface area contributed by atoms with Gasteiger partial charge in [0.2, 0.25) is 0 Å². The first-order chi connectivity index (χ1) is 13.5. The third-order valence-corrected chi connectivity index (χ3v) is 5.75. The molecule has 1 fully saturated rings. The number of pyridine rings is 1. The Morgan fingerprint density at radius 1 is 1.18 bits per heavy atom. The summed E-state index contributed by atoms with van der Waals surface area (Å²) in [6, 6.07) is 11.7. The highest BCUT2D eigenvalue weighted by molar-refractivity contribution is 5.94. The van der Waals surface area contributed by atoms with Crippen LogP contribution in [-0.2, 0) is 13.0 Å². The average molecular weight is 383 g/mol. The van der Waals surface area contributed by atoms with Gasteiger partial charge in [-0.3, -0.25) is 9.59 Å². The number of rotatable bonds is 6. The maximum absolute atomic E-state index is 13.0. The third kappa shape index (κ3) is 4.46. The number of likely N-dealkylation sites (tertiary alicyclic amines) is 1. The van der Waals surface area contributed by atoms with Gasteiger partial charge in [0.1, 0.15) is 11.3 Å². The van der Waals surface area contributed by atoms with Crippen LogP contribution in [0, 0.1) is 12.8 Å². The van der Waals surface area contributed by atoms with Gasteiger partial charge < -0.3 is 14.2 Å². The lowest BCUT2D eigenvalue weighted by Gasteiger charge is -2.33. The highest BCUT2D eigenvalue weighted by Crippen LogP contribution is 2.23. The standard InChI is InChI=1S/C23H30N2O3/c1-4-25-17(2)7-14-21(23(25)27)22(26)24-15-5-6-19(16-24)9-8-18-10-12-20(28-3)13-11-18/h7,10-14,19H,4-6,8-9,15-16H2,1-3H3/t19-/m1/s1. The van der Waals surface area contributed by atoms with Gasteiger partial charge in [0.25, 0.3) is 11.5 Å². The van der Waals surface area contributed by atoms with Crippen molar-refractivity contribution in [3.05, 3.63) is 63.6 Å². The summed E-state index contributed by atoms with van der Waals surface area (Å²) < 4.78 is 6.87. The largest absolute Gasteiger partial charge is 0.497 e. The zero-order valence-corrected chi connectivity index (χ0v) is 17.1. The molecule has 1 aliphatic rings. The third-order valence-electron chi connectivity index (χ3n) is 5.75. The van der Waals surface area contributed by atoms with Crippen LogP contribution in [0.5, 0.6) is 5.75 Å². The number of carbonyl (C=O) groups excluding carboxylic acids is 1. The number of aryl methyl sites for hydroxylation is 2. The number of hydrogen-bond donors (Lipinski definition) is 0. The number of ether oxygens (including phenoxy) is 1. The zero-order chi connectivity index (χ0) is 20.1. The summed E-state index contributed by atoms with van der Waals surface area (Å²) in [5, 5.41) is 0. The Bertz CT molecular complexity index is 870. The molecule has 1 atom stereocenters. The molecule has 0 saturated carbocycles. The highest BCUT2D eigenvalue weighted by Gasteiger charge is 2.26. The number of nitrogens with zero attached hydrogens (tertiary/aromatic N) is 2. The normalized spacial score (nSPS) is 16.8. The van der Waals surface area contributed by atoms with Gasteiger partial charge in [-0.15, -0.1) is 0 Å². The molecule has 0 bridgehead atoms. The van der Waals surface area contributed by atoms with Crippen molar-refractivity contribution in [3.63, 3.8) is 0 Å². The molecule has 0 unspecified atom stereocenters. The number of hydrogen-bond acceptors (Lipinski definition) is 3. The SMILES string of the molecule is CCn1c(C)ccc(C(=O)N2CCC[C@H](CCc3ccc(OC)cc3)C2)c1=O. The molecule has 1 aromatic carbocycles. The summed E-state index contributed by atoms with van der Waals surface area (Å²) in [6.45, 7) is 5.87. The van der Waals surface area contributed by atoms with Crippen molar-refractivity contribution in [2.45, 2.75) is 46.1 Å². The van der Waals surface area contributed by atoms with E-state index in [2.05, 4.69) is 12.1 Å². The predicted molar refractivity (Wildman–Crippen MR) is 111 cm³/mol. The van der Waals surface area contributed by atoms with Crippen LogP contribution in [0.2, 0.25) is 0 Å². The summed E-state index contributed by atoms with van der Waals surface area (Å²) in [5.41, 5.74) is 2.30. The molecule has 3 rings (SSSR count). The lowest BCUT2D eigenvalue weighted by molar-refractivity contribution is 0.0666. The minimum atomic E-state index is -0.173. The van der Waals surface area contributed by atoms with Crippen LogP contribution >= 0.6 is 0 Å². The number of aromatic nitrogens is 1. The average Bonchev–Trinajstić information content (AvgIpc) is 2.73. The fraction of sp³-hybridized carbons (Fsp3) is 0.478. The number of amides is 1. The van der Waals surface area contributed by atoms with Crippen molar-refractivity contribution in [1.29, 1.82) is 0 Å². The minimum absolute atomic E-state index is 0.124. The Hall–Kier alpha value is -2.56. The Morgan fingerprint density at radius 3 is 2.61 bits per heavy atom. The van der Waals surface area contributed by atoms with Gasteiger partial charge in [-0.05, 0) is 75.3 Å². The molecule has 0 N–H and O–H groups in total. The van der Waals surface area contributed by atoms with E-state index in [1.165, 1.54) is 5.56 Å². The molecule has 0 aliphatic carbocycles. The lowest BCUT2D eigenvalue weighted by atomic mass is 9.91. The van der Waals surface area contributed by atoms with E-state index in [1.54, 1.807) is 17.7 Å². The van der Waals surface area contributed by atoms with E-state index in [0.717, 1.165) is 50.2 Å². The molecule has 1 aliphatic heterocycles. The zero-order valence-electron chi connectivity index (χ0n) is 17.1. The van der Waals surface area contributed by atoms with Crippen molar-refractivity contribution in [1.82, 2.24) is 9.47 Å². The van der Waals surface area contributed by atoms with Crippen LogP contribution in [0.25, 0.3) is 0 Å². The molecule has 5 heteroatoms. The highest BCUT2D eigenvalue weighted by atomic mass is 16.5. The van der Waals surface area contributed by atoms with Crippen LogP contribution in [0.1, 0.15) is 47.8 Å². The van der Waals surface area contributed by atoms with Crippen molar-refractivity contribution in [3.8, 4) is 5.75 Å². The molecular weight excluding hydrogens is 352 g/mol. The number of methoxy groups -OCH3 is 1. The molecule has 1 saturated heterocycles. The van der Waals surface area contributed by atoms with Gasteiger partial charge in [0, 0.05) is 25.3 Å². The molecule has 28 heavy (non-hydrogen) atoms. The molecule has 150 valence electrons. The number of carbonyl (C=O) groups is 1. The Morgan fingerprint density at radius 2 is 1.93 bits per heavy atom. The van der Waals surface area contributed by atoms with Crippen LogP contribution in [-0.4, -0.2) is 35.6 Å². The fourth-order valence-electron chi connectivity index (χ4n) is 4.05. The number of benzene rings is 1. The second-order valence-electron chi connectivity index (χ2n) is 7.58.